The van der Waals surface area contributed by atoms with Gasteiger partial charge in [0.1, 0.15) is 29.6 Å². The molecule has 7 heteroatoms. The first kappa shape index (κ1) is 24.1. The molecule has 1 aromatic heterocycles. The lowest BCUT2D eigenvalue weighted by atomic mass is 10.1. The first-order valence-electron chi connectivity index (χ1n) is 13.1. The number of aromatic nitrogens is 2. The first-order chi connectivity index (χ1) is 18.6. The number of ether oxygens (including phenoxy) is 2. The fraction of sp³-hybridized carbons (Fsp3) is 0.290. The van der Waals surface area contributed by atoms with E-state index in [2.05, 4.69) is 46.8 Å². The highest BCUT2D eigenvalue weighted by molar-refractivity contribution is 5.95. The Hall–Kier alpha value is -4.26. The van der Waals surface area contributed by atoms with E-state index < -0.39 is 0 Å². The molecule has 38 heavy (non-hydrogen) atoms. The van der Waals surface area contributed by atoms with Gasteiger partial charge in [-0.1, -0.05) is 54.6 Å². The summed E-state index contributed by atoms with van der Waals surface area (Å²) in [5, 5.41) is 0. The average molecular weight is 509 g/mol. The van der Waals surface area contributed by atoms with Crippen LogP contribution in [0.5, 0.6) is 11.5 Å². The normalized spacial score (nSPS) is 16.9. The van der Waals surface area contributed by atoms with Gasteiger partial charge in [0.25, 0.3) is 5.91 Å². The number of rotatable bonds is 6. The number of methoxy groups -OCH3 is 1. The largest absolute Gasteiger partial charge is 0.497 e. The van der Waals surface area contributed by atoms with Crippen molar-refractivity contribution >= 4 is 11.6 Å². The lowest BCUT2D eigenvalue weighted by Crippen LogP contribution is -2.51. The summed E-state index contributed by atoms with van der Waals surface area (Å²) in [5.74, 6) is 2.59. The molecule has 0 saturated carbocycles. The number of hydrogen-bond acceptors (Lipinski definition) is 5. The zero-order chi connectivity index (χ0) is 26.1. The number of imidazole rings is 1. The number of amides is 1. The molecular weight excluding hydrogens is 476 g/mol. The monoisotopic (exact) mass is 508 g/mol. The van der Waals surface area contributed by atoms with Crippen molar-refractivity contribution in [2.24, 2.45) is 0 Å². The van der Waals surface area contributed by atoms with Gasteiger partial charge in [0.2, 0.25) is 0 Å². The maximum absolute atomic E-state index is 13.9. The molecule has 0 saturated heterocycles. The first-order valence-corrected chi connectivity index (χ1v) is 13.1. The number of anilines is 1. The van der Waals surface area contributed by atoms with Gasteiger partial charge in [-0.05, 0) is 35.4 Å². The maximum atomic E-state index is 13.9. The Morgan fingerprint density at radius 3 is 2.53 bits per heavy atom. The molecule has 0 unspecified atom stereocenters. The summed E-state index contributed by atoms with van der Waals surface area (Å²) in [4.78, 5) is 23.0. The Kier molecular flexibility index (Phi) is 6.50. The van der Waals surface area contributed by atoms with Gasteiger partial charge in [-0.2, -0.15) is 0 Å². The number of hydrogen-bond donors (Lipinski definition) is 0. The number of para-hydroxylation sites is 2. The third-order valence-corrected chi connectivity index (χ3v) is 7.54. The summed E-state index contributed by atoms with van der Waals surface area (Å²) in [5.41, 5.74) is 4.95. The molecule has 4 aromatic rings. The molecule has 194 valence electrons. The zero-order valence-corrected chi connectivity index (χ0v) is 21.8. The zero-order valence-electron chi connectivity index (χ0n) is 21.8. The molecule has 1 atom stereocenters. The topological polar surface area (TPSA) is 59.8 Å². The van der Waals surface area contributed by atoms with E-state index in [4.69, 9.17) is 14.5 Å². The second kappa shape index (κ2) is 10.2. The van der Waals surface area contributed by atoms with Crippen molar-refractivity contribution in [2.45, 2.75) is 25.4 Å². The minimum Gasteiger partial charge on any atom is -0.497 e. The van der Waals surface area contributed by atoms with Crippen LogP contribution in [0, 0.1) is 0 Å². The minimum atomic E-state index is -0.0580. The molecule has 6 rings (SSSR count). The smallest absolute Gasteiger partial charge is 0.274 e. The van der Waals surface area contributed by atoms with E-state index in [1.807, 2.05) is 53.4 Å². The fourth-order valence-corrected chi connectivity index (χ4v) is 5.52. The van der Waals surface area contributed by atoms with Crippen LogP contribution in [0.1, 0.15) is 33.1 Å². The van der Waals surface area contributed by atoms with Crippen LogP contribution in [-0.2, 0) is 19.4 Å². The summed E-state index contributed by atoms with van der Waals surface area (Å²) >= 11 is 0. The van der Waals surface area contributed by atoms with E-state index in [0.717, 1.165) is 40.7 Å². The van der Waals surface area contributed by atoms with E-state index in [1.54, 1.807) is 7.11 Å². The molecule has 0 radical (unpaired) electrons. The fourth-order valence-electron chi connectivity index (χ4n) is 5.52. The van der Waals surface area contributed by atoms with Gasteiger partial charge in [0.05, 0.1) is 24.5 Å². The Balaban J connectivity index is 1.31. The highest BCUT2D eigenvalue weighted by atomic mass is 16.5. The van der Waals surface area contributed by atoms with Crippen molar-refractivity contribution in [3.63, 3.8) is 0 Å². The molecule has 7 nitrogen and oxygen atoms in total. The number of carbonyl (C=O) groups excluding carboxylic acids is 1. The molecule has 0 bridgehead atoms. The minimum absolute atomic E-state index is 0.0120. The van der Waals surface area contributed by atoms with Crippen LogP contribution in [0.3, 0.4) is 0 Å². The molecule has 0 fully saturated rings. The van der Waals surface area contributed by atoms with Crippen LogP contribution in [0.25, 0.3) is 0 Å². The Labute approximate surface area is 223 Å². The van der Waals surface area contributed by atoms with Gasteiger partial charge < -0.3 is 23.8 Å². The number of nitrogens with zero attached hydrogens (tertiary/aromatic N) is 4. The standard InChI is InChI=1S/C31H32N4O3/c1-33-20-24(21-38-28-11-7-6-10-26(28)33)34-17-16-27-30(31(34)36)32-29(18-22-8-4-3-5-9-22)35(27)19-23-12-14-25(37-2)15-13-23/h3-15,24H,16-21H2,1-2H3/t24-/m0/s1. The number of likely N-dealkylation sites (N-methyl/N-ethyl adjacent to an activating group) is 1. The average Bonchev–Trinajstić information content (AvgIpc) is 3.20. The molecular formula is C31H32N4O3. The van der Waals surface area contributed by atoms with Gasteiger partial charge in [0.15, 0.2) is 0 Å². The van der Waals surface area contributed by atoms with E-state index in [9.17, 15) is 4.79 Å². The van der Waals surface area contributed by atoms with Crippen molar-refractivity contribution in [3.05, 3.63) is 107 Å². The summed E-state index contributed by atoms with van der Waals surface area (Å²) < 4.78 is 13.7. The summed E-state index contributed by atoms with van der Waals surface area (Å²) in [7, 11) is 3.73. The van der Waals surface area contributed by atoms with E-state index in [0.29, 0.717) is 38.4 Å². The van der Waals surface area contributed by atoms with Crippen LogP contribution < -0.4 is 14.4 Å². The second-order valence-electron chi connectivity index (χ2n) is 9.98. The Morgan fingerprint density at radius 2 is 1.74 bits per heavy atom. The third kappa shape index (κ3) is 4.60. The molecule has 2 aliphatic heterocycles. The van der Waals surface area contributed by atoms with Crippen molar-refractivity contribution in [1.29, 1.82) is 0 Å². The van der Waals surface area contributed by atoms with Gasteiger partial charge in [-0.25, -0.2) is 4.98 Å². The number of benzene rings is 3. The van der Waals surface area contributed by atoms with Crippen molar-refractivity contribution in [3.8, 4) is 11.5 Å². The highest BCUT2D eigenvalue weighted by Gasteiger charge is 2.36. The van der Waals surface area contributed by atoms with Crippen LogP contribution >= 0.6 is 0 Å². The molecule has 1 amide bonds. The SMILES string of the molecule is COc1ccc(Cn2c(Cc3ccccc3)nc3c2CCN([C@@H]2COc4ccccc4N(C)C2)C3=O)cc1. The van der Waals surface area contributed by atoms with Crippen molar-refractivity contribution in [2.75, 3.05) is 38.8 Å². The molecule has 0 N–H and O–H groups in total. The van der Waals surface area contributed by atoms with Crippen molar-refractivity contribution < 1.29 is 14.3 Å². The molecule has 0 spiro atoms. The number of carbonyl (C=O) groups is 1. The van der Waals surface area contributed by atoms with Gasteiger partial charge in [0, 0.05) is 39.5 Å². The molecule has 0 aliphatic carbocycles. The maximum Gasteiger partial charge on any atom is 0.274 e. The van der Waals surface area contributed by atoms with Crippen LogP contribution in [-0.4, -0.2) is 60.3 Å². The third-order valence-electron chi connectivity index (χ3n) is 7.54. The van der Waals surface area contributed by atoms with Gasteiger partial charge in [-0.3, -0.25) is 4.79 Å². The summed E-state index contributed by atoms with van der Waals surface area (Å²) in [6.07, 6.45) is 1.42. The second-order valence-corrected chi connectivity index (χ2v) is 9.98. The quantitative estimate of drug-likeness (QED) is 0.386. The highest BCUT2D eigenvalue weighted by Crippen LogP contribution is 2.32. The number of fused-ring (bicyclic) bond motifs is 2. The predicted molar refractivity (Wildman–Crippen MR) is 147 cm³/mol. The van der Waals surface area contributed by atoms with Crippen LogP contribution in [0.4, 0.5) is 5.69 Å². The summed E-state index contributed by atoms with van der Waals surface area (Å²) in [6, 6.07) is 26.4. The van der Waals surface area contributed by atoms with Crippen LogP contribution in [0.2, 0.25) is 0 Å². The predicted octanol–water partition coefficient (Wildman–Crippen LogP) is 4.43. The van der Waals surface area contributed by atoms with E-state index in [-0.39, 0.29) is 11.9 Å². The summed E-state index contributed by atoms with van der Waals surface area (Å²) in [6.45, 7) is 2.48. The molecule has 3 aromatic carbocycles. The van der Waals surface area contributed by atoms with E-state index in [1.165, 1.54) is 5.56 Å². The lowest BCUT2D eigenvalue weighted by molar-refractivity contribution is 0.0602. The molecule has 2 aliphatic rings. The van der Waals surface area contributed by atoms with Gasteiger partial charge in [-0.15, -0.1) is 0 Å². The van der Waals surface area contributed by atoms with Crippen LogP contribution in [0.15, 0.2) is 78.9 Å². The Bertz CT molecular complexity index is 1430. The molecule has 3 heterocycles. The van der Waals surface area contributed by atoms with Crippen molar-refractivity contribution in [1.82, 2.24) is 14.5 Å². The Morgan fingerprint density at radius 1 is 0.974 bits per heavy atom. The lowest BCUT2D eigenvalue weighted by Gasteiger charge is -2.35. The van der Waals surface area contributed by atoms with Gasteiger partial charge >= 0.3 is 0 Å². The van der Waals surface area contributed by atoms with E-state index >= 15 is 0 Å².